The minimum absolute atomic E-state index is 0.333. The summed E-state index contributed by atoms with van der Waals surface area (Å²) < 4.78 is 5.89. The highest BCUT2D eigenvalue weighted by molar-refractivity contribution is 6.52. The highest BCUT2D eigenvalue weighted by Gasteiger charge is 2.35. The molecule has 0 bridgehead atoms. The SMILES string of the molecule is CC(C)CCOc1ccccc1CN1C(=O)C(=O)c2ccccc21. The Kier molecular flexibility index (Phi) is 4.65. The first-order chi connectivity index (χ1) is 11.6. The second kappa shape index (κ2) is 6.87. The minimum atomic E-state index is -0.479. The Bertz CT molecular complexity index is 767. The Morgan fingerprint density at radius 1 is 1.00 bits per heavy atom. The molecule has 0 spiro atoms. The zero-order valence-electron chi connectivity index (χ0n) is 14.0. The summed E-state index contributed by atoms with van der Waals surface area (Å²) in [5.41, 5.74) is 2.05. The van der Waals surface area contributed by atoms with Gasteiger partial charge in [-0.05, 0) is 30.5 Å². The first-order valence-corrected chi connectivity index (χ1v) is 8.24. The molecule has 24 heavy (non-hydrogen) atoms. The number of rotatable bonds is 6. The van der Waals surface area contributed by atoms with Crippen molar-refractivity contribution in [2.24, 2.45) is 5.92 Å². The highest BCUT2D eigenvalue weighted by Crippen LogP contribution is 2.31. The first-order valence-electron chi connectivity index (χ1n) is 8.24. The van der Waals surface area contributed by atoms with Gasteiger partial charge in [-0.1, -0.05) is 44.2 Å². The van der Waals surface area contributed by atoms with E-state index in [1.54, 1.807) is 18.2 Å². The third kappa shape index (κ3) is 3.18. The van der Waals surface area contributed by atoms with Gasteiger partial charge in [0, 0.05) is 5.56 Å². The smallest absolute Gasteiger partial charge is 0.299 e. The van der Waals surface area contributed by atoms with E-state index in [1.807, 2.05) is 30.3 Å². The maximum Gasteiger partial charge on any atom is 0.299 e. The van der Waals surface area contributed by atoms with E-state index < -0.39 is 11.7 Å². The number of carbonyl (C=O) groups is 2. The van der Waals surface area contributed by atoms with Crippen molar-refractivity contribution in [3.63, 3.8) is 0 Å². The Morgan fingerprint density at radius 2 is 1.71 bits per heavy atom. The normalized spacial score (nSPS) is 13.5. The van der Waals surface area contributed by atoms with E-state index in [4.69, 9.17) is 4.74 Å². The predicted octanol–water partition coefficient (Wildman–Crippen LogP) is 3.84. The molecule has 0 atom stereocenters. The van der Waals surface area contributed by atoms with E-state index >= 15 is 0 Å². The highest BCUT2D eigenvalue weighted by atomic mass is 16.5. The Morgan fingerprint density at radius 3 is 2.50 bits per heavy atom. The van der Waals surface area contributed by atoms with E-state index in [0.29, 0.717) is 30.3 Å². The number of nitrogens with zero attached hydrogens (tertiary/aromatic N) is 1. The largest absolute Gasteiger partial charge is 0.493 e. The number of fused-ring (bicyclic) bond motifs is 1. The maximum absolute atomic E-state index is 12.3. The molecule has 2 aromatic carbocycles. The van der Waals surface area contributed by atoms with Crippen LogP contribution < -0.4 is 9.64 Å². The summed E-state index contributed by atoms with van der Waals surface area (Å²) in [5.74, 6) is 0.418. The molecule has 0 fully saturated rings. The fourth-order valence-corrected chi connectivity index (χ4v) is 2.76. The second-order valence-corrected chi connectivity index (χ2v) is 6.38. The number of benzene rings is 2. The van der Waals surface area contributed by atoms with E-state index in [1.165, 1.54) is 4.90 Å². The first kappa shape index (κ1) is 16.2. The van der Waals surface area contributed by atoms with Gasteiger partial charge in [0.15, 0.2) is 0 Å². The van der Waals surface area contributed by atoms with E-state index in [0.717, 1.165) is 17.7 Å². The van der Waals surface area contributed by atoms with E-state index in [-0.39, 0.29) is 0 Å². The lowest BCUT2D eigenvalue weighted by molar-refractivity contribution is -0.114. The average Bonchev–Trinajstić information content (AvgIpc) is 2.81. The molecule has 1 heterocycles. The summed E-state index contributed by atoms with van der Waals surface area (Å²) in [4.78, 5) is 26.0. The van der Waals surface area contributed by atoms with Crippen molar-refractivity contribution in [2.75, 3.05) is 11.5 Å². The Balaban J connectivity index is 1.82. The van der Waals surface area contributed by atoms with Gasteiger partial charge in [0.2, 0.25) is 0 Å². The van der Waals surface area contributed by atoms with Crippen LogP contribution in [-0.4, -0.2) is 18.3 Å². The van der Waals surface area contributed by atoms with Gasteiger partial charge < -0.3 is 9.64 Å². The quantitative estimate of drug-likeness (QED) is 0.759. The number of para-hydroxylation sites is 2. The number of anilines is 1. The topological polar surface area (TPSA) is 46.6 Å². The predicted molar refractivity (Wildman–Crippen MR) is 93.4 cm³/mol. The molecule has 3 rings (SSSR count). The van der Waals surface area contributed by atoms with Crippen LogP contribution in [0.1, 0.15) is 36.2 Å². The van der Waals surface area contributed by atoms with Gasteiger partial charge in [-0.2, -0.15) is 0 Å². The third-order valence-electron chi connectivity index (χ3n) is 4.13. The molecule has 0 saturated carbocycles. The summed E-state index contributed by atoms with van der Waals surface area (Å²) in [6.45, 7) is 5.28. The molecular formula is C20H21NO3. The van der Waals surface area contributed by atoms with Gasteiger partial charge in [-0.15, -0.1) is 0 Å². The van der Waals surface area contributed by atoms with Gasteiger partial charge in [-0.25, -0.2) is 0 Å². The van der Waals surface area contributed by atoms with Gasteiger partial charge in [0.1, 0.15) is 5.75 Å². The van der Waals surface area contributed by atoms with Crippen LogP contribution in [0.4, 0.5) is 5.69 Å². The summed E-state index contributed by atoms with van der Waals surface area (Å²) >= 11 is 0. The number of amides is 1. The lowest BCUT2D eigenvalue weighted by Crippen LogP contribution is -2.29. The van der Waals surface area contributed by atoms with Crippen LogP contribution in [0.15, 0.2) is 48.5 Å². The number of ketones is 1. The molecule has 0 radical (unpaired) electrons. The monoisotopic (exact) mass is 323 g/mol. The number of Topliss-reactive ketones (excluding diaryl/α,β-unsaturated/α-hetero) is 1. The molecular weight excluding hydrogens is 302 g/mol. The zero-order chi connectivity index (χ0) is 17.1. The summed E-state index contributed by atoms with van der Waals surface area (Å²) in [7, 11) is 0. The molecule has 4 heteroatoms. The minimum Gasteiger partial charge on any atom is -0.493 e. The van der Waals surface area contributed by atoms with E-state index in [9.17, 15) is 9.59 Å². The molecule has 0 unspecified atom stereocenters. The van der Waals surface area contributed by atoms with Crippen LogP contribution in [0, 0.1) is 5.92 Å². The molecule has 0 N–H and O–H groups in total. The van der Waals surface area contributed by atoms with E-state index in [2.05, 4.69) is 13.8 Å². The van der Waals surface area contributed by atoms with Crippen LogP contribution in [0.5, 0.6) is 5.75 Å². The molecule has 4 nitrogen and oxygen atoms in total. The average molecular weight is 323 g/mol. The van der Waals surface area contributed by atoms with Gasteiger partial charge >= 0.3 is 0 Å². The van der Waals surface area contributed by atoms with Crippen molar-refractivity contribution in [1.29, 1.82) is 0 Å². The van der Waals surface area contributed by atoms with Gasteiger partial charge in [-0.3, -0.25) is 9.59 Å². The number of hydrogen-bond acceptors (Lipinski definition) is 3. The standard InChI is InChI=1S/C20H21NO3/c1-14(2)11-12-24-18-10-6-3-7-15(18)13-21-17-9-5-4-8-16(17)19(22)20(21)23/h3-10,14H,11-13H2,1-2H3. The molecule has 2 aromatic rings. The lowest BCUT2D eigenvalue weighted by atomic mass is 10.1. The van der Waals surface area contributed by atoms with Crippen molar-refractivity contribution in [3.8, 4) is 5.75 Å². The van der Waals surface area contributed by atoms with Crippen LogP contribution in [0.2, 0.25) is 0 Å². The summed E-state index contributed by atoms with van der Waals surface area (Å²) in [5, 5.41) is 0. The maximum atomic E-state index is 12.3. The summed E-state index contributed by atoms with van der Waals surface area (Å²) in [6.07, 6.45) is 0.971. The molecule has 1 aliphatic rings. The number of ether oxygens (including phenoxy) is 1. The molecule has 1 aliphatic heterocycles. The van der Waals surface area contributed by atoms with Crippen molar-refractivity contribution in [2.45, 2.75) is 26.8 Å². The van der Waals surface area contributed by atoms with Crippen molar-refractivity contribution in [1.82, 2.24) is 0 Å². The number of hydrogen-bond donors (Lipinski definition) is 0. The van der Waals surface area contributed by atoms with Crippen LogP contribution in [0.25, 0.3) is 0 Å². The molecule has 0 saturated heterocycles. The number of carbonyl (C=O) groups excluding carboxylic acids is 2. The third-order valence-corrected chi connectivity index (χ3v) is 4.13. The fraction of sp³-hybridized carbons (Fsp3) is 0.300. The summed E-state index contributed by atoms with van der Waals surface area (Å²) in [6, 6.07) is 14.8. The van der Waals surface area contributed by atoms with Crippen molar-refractivity contribution < 1.29 is 14.3 Å². The fourth-order valence-electron chi connectivity index (χ4n) is 2.76. The zero-order valence-corrected chi connectivity index (χ0v) is 14.0. The van der Waals surface area contributed by atoms with Gasteiger partial charge in [0.25, 0.3) is 11.7 Å². The van der Waals surface area contributed by atoms with Crippen molar-refractivity contribution >= 4 is 17.4 Å². The Hall–Kier alpha value is -2.62. The lowest BCUT2D eigenvalue weighted by Gasteiger charge is -2.19. The molecule has 124 valence electrons. The van der Waals surface area contributed by atoms with Gasteiger partial charge in [0.05, 0.1) is 24.4 Å². The van der Waals surface area contributed by atoms with Crippen LogP contribution >= 0.6 is 0 Å². The molecule has 1 amide bonds. The van der Waals surface area contributed by atoms with Crippen molar-refractivity contribution in [3.05, 3.63) is 59.7 Å². The second-order valence-electron chi connectivity index (χ2n) is 6.38. The van der Waals surface area contributed by atoms with Crippen LogP contribution in [-0.2, 0) is 11.3 Å². The Labute approximate surface area is 142 Å². The molecule has 0 aliphatic carbocycles. The molecule has 0 aromatic heterocycles. The van der Waals surface area contributed by atoms with Crippen LogP contribution in [0.3, 0.4) is 0 Å².